The maximum Gasteiger partial charge on any atom is 0.224 e. The van der Waals surface area contributed by atoms with Crippen LogP contribution in [-0.4, -0.2) is 25.0 Å². The summed E-state index contributed by atoms with van der Waals surface area (Å²) in [5.41, 5.74) is 0.951. The van der Waals surface area contributed by atoms with Gasteiger partial charge in [-0.2, -0.15) is 0 Å². The third-order valence-electron chi connectivity index (χ3n) is 3.73. The zero-order valence-corrected chi connectivity index (χ0v) is 12.3. The molecular weight excluding hydrogens is 276 g/mol. The number of fused-ring (bicyclic) bond motifs is 1. The van der Waals surface area contributed by atoms with Gasteiger partial charge in [-0.25, -0.2) is 0 Å². The first-order chi connectivity index (χ1) is 9.27. The summed E-state index contributed by atoms with van der Waals surface area (Å²) in [5, 5.41) is 5.40. The van der Waals surface area contributed by atoms with Crippen LogP contribution in [-0.2, 0) is 4.79 Å². The fraction of sp³-hybridized carbons (Fsp3) is 0.400. The summed E-state index contributed by atoms with van der Waals surface area (Å²) in [5.74, 6) is 0.0856. The molecule has 1 aromatic heterocycles. The molecule has 1 unspecified atom stereocenters. The summed E-state index contributed by atoms with van der Waals surface area (Å²) in [6.45, 7) is 3.53. The minimum Gasteiger partial charge on any atom is -0.471 e. The average Bonchev–Trinajstić information content (AvgIpc) is 2.89. The second kappa shape index (κ2) is 6.29. The van der Waals surface area contributed by atoms with Crippen molar-refractivity contribution >= 4 is 34.8 Å². The van der Waals surface area contributed by atoms with Crippen molar-refractivity contribution in [1.29, 1.82) is 0 Å². The SMILES string of the molecule is CC(=O)N(c1cccc2cocc12)C1CCCNC1.Cl. The smallest absolute Gasteiger partial charge is 0.224 e. The van der Waals surface area contributed by atoms with Gasteiger partial charge >= 0.3 is 0 Å². The van der Waals surface area contributed by atoms with Crippen molar-refractivity contribution < 1.29 is 9.21 Å². The van der Waals surface area contributed by atoms with Gasteiger partial charge in [0.2, 0.25) is 5.91 Å². The highest BCUT2D eigenvalue weighted by Gasteiger charge is 2.25. The van der Waals surface area contributed by atoms with Crippen LogP contribution in [0.1, 0.15) is 19.8 Å². The fourth-order valence-electron chi connectivity index (χ4n) is 2.86. The molecule has 3 rings (SSSR count). The molecule has 1 aliphatic rings. The van der Waals surface area contributed by atoms with Gasteiger partial charge in [-0.3, -0.25) is 4.79 Å². The number of anilines is 1. The van der Waals surface area contributed by atoms with Crippen LogP contribution in [0, 0.1) is 0 Å². The van der Waals surface area contributed by atoms with E-state index in [1.807, 2.05) is 23.1 Å². The zero-order chi connectivity index (χ0) is 13.2. The van der Waals surface area contributed by atoms with Crippen molar-refractivity contribution in [3.63, 3.8) is 0 Å². The van der Waals surface area contributed by atoms with E-state index in [1.165, 1.54) is 0 Å². The number of rotatable bonds is 2. The van der Waals surface area contributed by atoms with Crippen molar-refractivity contribution in [3.8, 4) is 0 Å². The lowest BCUT2D eigenvalue weighted by Crippen LogP contribution is -2.48. The number of hydrogen-bond acceptors (Lipinski definition) is 3. The van der Waals surface area contributed by atoms with Gasteiger partial charge in [0.05, 0.1) is 12.0 Å². The van der Waals surface area contributed by atoms with Gasteiger partial charge < -0.3 is 14.6 Å². The summed E-state index contributed by atoms with van der Waals surface area (Å²) in [6.07, 6.45) is 5.59. The molecule has 1 fully saturated rings. The number of amides is 1. The number of carbonyl (C=O) groups is 1. The first kappa shape index (κ1) is 14.9. The molecule has 1 aromatic carbocycles. The maximum atomic E-state index is 12.1. The lowest BCUT2D eigenvalue weighted by atomic mass is 10.0. The van der Waals surface area contributed by atoms with E-state index in [-0.39, 0.29) is 24.4 Å². The Hall–Kier alpha value is -1.52. The van der Waals surface area contributed by atoms with Gasteiger partial charge in [0.1, 0.15) is 6.26 Å². The Morgan fingerprint density at radius 1 is 1.40 bits per heavy atom. The van der Waals surface area contributed by atoms with E-state index >= 15 is 0 Å². The van der Waals surface area contributed by atoms with Crippen molar-refractivity contribution in [1.82, 2.24) is 5.32 Å². The minimum atomic E-state index is 0. The summed E-state index contributed by atoms with van der Waals surface area (Å²) < 4.78 is 5.27. The van der Waals surface area contributed by atoms with E-state index in [9.17, 15) is 4.79 Å². The molecule has 5 heteroatoms. The maximum absolute atomic E-state index is 12.1. The number of benzene rings is 1. The van der Waals surface area contributed by atoms with Crippen LogP contribution in [0.15, 0.2) is 35.1 Å². The molecule has 1 saturated heterocycles. The number of piperidine rings is 1. The van der Waals surface area contributed by atoms with Crippen LogP contribution >= 0.6 is 12.4 Å². The Bertz CT molecular complexity index is 590. The molecule has 20 heavy (non-hydrogen) atoms. The topological polar surface area (TPSA) is 45.5 Å². The quantitative estimate of drug-likeness (QED) is 0.926. The largest absolute Gasteiger partial charge is 0.471 e. The summed E-state index contributed by atoms with van der Waals surface area (Å²) >= 11 is 0. The molecule has 1 amide bonds. The Balaban J connectivity index is 0.00000147. The van der Waals surface area contributed by atoms with E-state index < -0.39 is 0 Å². The predicted octanol–water partition coefficient (Wildman–Crippen LogP) is 2.96. The number of furan rings is 1. The number of halogens is 1. The molecule has 1 N–H and O–H groups in total. The average molecular weight is 295 g/mol. The third kappa shape index (κ3) is 2.67. The fourth-order valence-corrected chi connectivity index (χ4v) is 2.86. The Labute approximate surface area is 124 Å². The highest BCUT2D eigenvalue weighted by Crippen LogP contribution is 2.30. The Morgan fingerprint density at radius 3 is 2.95 bits per heavy atom. The van der Waals surface area contributed by atoms with Gasteiger partial charge in [0.15, 0.2) is 0 Å². The lowest BCUT2D eigenvalue weighted by Gasteiger charge is -2.34. The van der Waals surface area contributed by atoms with Crippen LogP contribution in [0.25, 0.3) is 10.8 Å². The second-order valence-electron chi connectivity index (χ2n) is 5.04. The molecule has 2 heterocycles. The van der Waals surface area contributed by atoms with E-state index in [2.05, 4.69) is 5.32 Å². The first-order valence-corrected chi connectivity index (χ1v) is 6.73. The van der Waals surface area contributed by atoms with Crippen LogP contribution in [0.5, 0.6) is 0 Å². The van der Waals surface area contributed by atoms with Crippen LogP contribution in [0.4, 0.5) is 5.69 Å². The molecule has 1 aliphatic heterocycles. The second-order valence-corrected chi connectivity index (χ2v) is 5.04. The summed E-state index contributed by atoms with van der Waals surface area (Å²) in [6, 6.07) is 6.19. The van der Waals surface area contributed by atoms with Crippen LogP contribution < -0.4 is 10.2 Å². The van der Waals surface area contributed by atoms with Crippen LogP contribution in [0.2, 0.25) is 0 Å². The van der Waals surface area contributed by atoms with Crippen molar-refractivity contribution in [3.05, 3.63) is 30.7 Å². The van der Waals surface area contributed by atoms with E-state index in [4.69, 9.17) is 4.42 Å². The number of hydrogen-bond donors (Lipinski definition) is 1. The number of nitrogens with zero attached hydrogens (tertiary/aromatic N) is 1. The van der Waals surface area contributed by atoms with Crippen LogP contribution in [0.3, 0.4) is 0 Å². The first-order valence-electron chi connectivity index (χ1n) is 6.73. The van der Waals surface area contributed by atoms with E-state index in [0.717, 1.165) is 42.4 Å². The lowest BCUT2D eigenvalue weighted by molar-refractivity contribution is -0.117. The third-order valence-corrected chi connectivity index (χ3v) is 3.73. The molecule has 0 bridgehead atoms. The van der Waals surface area contributed by atoms with Gasteiger partial charge in [-0.05, 0) is 25.5 Å². The monoisotopic (exact) mass is 294 g/mol. The van der Waals surface area contributed by atoms with E-state index in [1.54, 1.807) is 19.5 Å². The Kier molecular flexibility index (Phi) is 4.68. The molecule has 1 atom stereocenters. The normalized spacial score (nSPS) is 18.6. The molecule has 4 nitrogen and oxygen atoms in total. The van der Waals surface area contributed by atoms with Gasteiger partial charge in [-0.15, -0.1) is 12.4 Å². The van der Waals surface area contributed by atoms with Gasteiger partial charge in [0, 0.05) is 30.3 Å². The Morgan fingerprint density at radius 2 is 2.25 bits per heavy atom. The molecule has 108 valence electrons. The standard InChI is InChI=1S/C15H18N2O2.ClH/c1-11(18)17(13-5-3-7-16-8-13)15-6-2-4-12-9-19-10-14(12)15;/h2,4,6,9-10,13,16H,3,5,7-8H2,1H3;1H. The van der Waals surface area contributed by atoms with Gasteiger partial charge in [-0.1, -0.05) is 12.1 Å². The minimum absolute atomic E-state index is 0. The molecule has 2 aromatic rings. The highest BCUT2D eigenvalue weighted by molar-refractivity contribution is 6.02. The molecule has 0 spiro atoms. The molecular formula is C15H19ClN2O2. The van der Waals surface area contributed by atoms with Crippen molar-refractivity contribution in [2.24, 2.45) is 0 Å². The van der Waals surface area contributed by atoms with Gasteiger partial charge in [0.25, 0.3) is 0 Å². The zero-order valence-electron chi connectivity index (χ0n) is 11.5. The highest BCUT2D eigenvalue weighted by atomic mass is 35.5. The van der Waals surface area contributed by atoms with E-state index in [0.29, 0.717) is 0 Å². The number of nitrogens with one attached hydrogen (secondary N) is 1. The molecule has 0 saturated carbocycles. The summed E-state index contributed by atoms with van der Waals surface area (Å²) in [7, 11) is 0. The predicted molar refractivity (Wildman–Crippen MR) is 82.5 cm³/mol. The van der Waals surface area contributed by atoms with Crippen molar-refractivity contribution in [2.75, 3.05) is 18.0 Å². The summed E-state index contributed by atoms with van der Waals surface area (Å²) in [4.78, 5) is 14.0. The number of carbonyl (C=O) groups excluding carboxylic acids is 1. The molecule has 0 aliphatic carbocycles. The van der Waals surface area contributed by atoms with Crippen molar-refractivity contribution in [2.45, 2.75) is 25.8 Å². The molecule has 0 radical (unpaired) electrons.